The molecule has 0 spiro atoms. The smallest absolute Gasteiger partial charge is 0.352 e. The van der Waals surface area contributed by atoms with Gasteiger partial charge < -0.3 is 4.84 Å². The van der Waals surface area contributed by atoms with Crippen molar-refractivity contribution in [3.8, 4) is 0 Å². The standard InChI is InChI=1S/C11H21NO2/c1-5-8-9-10(4)11(13)14-12(6-2)7-3/h4-9H2,1-3H3. The van der Waals surface area contributed by atoms with E-state index in [0.29, 0.717) is 18.7 Å². The largest absolute Gasteiger partial charge is 0.364 e. The summed E-state index contributed by atoms with van der Waals surface area (Å²) >= 11 is 0. The van der Waals surface area contributed by atoms with Crippen LogP contribution in [0.5, 0.6) is 0 Å². The summed E-state index contributed by atoms with van der Waals surface area (Å²) in [6.45, 7) is 11.1. The Balaban J connectivity index is 3.87. The number of carbonyl (C=O) groups is 1. The number of hydrogen-bond donors (Lipinski definition) is 0. The zero-order chi connectivity index (χ0) is 11.0. The van der Waals surface area contributed by atoms with E-state index in [2.05, 4.69) is 13.5 Å². The molecule has 0 saturated carbocycles. The lowest BCUT2D eigenvalue weighted by molar-refractivity contribution is -0.183. The Morgan fingerprint density at radius 3 is 2.29 bits per heavy atom. The van der Waals surface area contributed by atoms with Gasteiger partial charge in [0.25, 0.3) is 0 Å². The fraction of sp³-hybridized carbons (Fsp3) is 0.727. The van der Waals surface area contributed by atoms with E-state index < -0.39 is 0 Å². The summed E-state index contributed by atoms with van der Waals surface area (Å²) < 4.78 is 0. The van der Waals surface area contributed by atoms with Gasteiger partial charge >= 0.3 is 5.97 Å². The maximum absolute atomic E-state index is 11.4. The van der Waals surface area contributed by atoms with Crippen LogP contribution in [0.2, 0.25) is 0 Å². The zero-order valence-electron chi connectivity index (χ0n) is 9.51. The SMILES string of the molecule is C=C(CCCC)C(=O)ON(CC)CC. The molecule has 0 atom stereocenters. The second-order valence-electron chi connectivity index (χ2n) is 3.20. The molecule has 82 valence electrons. The Kier molecular flexibility index (Phi) is 7.11. The van der Waals surface area contributed by atoms with Crippen molar-refractivity contribution in [3.05, 3.63) is 12.2 Å². The molecule has 0 unspecified atom stereocenters. The van der Waals surface area contributed by atoms with Crippen molar-refractivity contribution in [2.75, 3.05) is 13.1 Å². The van der Waals surface area contributed by atoms with Crippen molar-refractivity contribution in [2.24, 2.45) is 0 Å². The van der Waals surface area contributed by atoms with Crippen LogP contribution in [-0.2, 0) is 9.63 Å². The number of nitrogens with zero attached hydrogens (tertiary/aromatic N) is 1. The predicted molar refractivity (Wildman–Crippen MR) is 57.7 cm³/mol. The highest BCUT2D eigenvalue weighted by molar-refractivity contribution is 5.87. The van der Waals surface area contributed by atoms with Crippen LogP contribution >= 0.6 is 0 Å². The summed E-state index contributed by atoms with van der Waals surface area (Å²) in [4.78, 5) is 16.5. The molecule has 0 aromatic carbocycles. The van der Waals surface area contributed by atoms with Crippen LogP contribution in [0.1, 0.15) is 40.0 Å². The highest BCUT2D eigenvalue weighted by atomic mass is 16.7. The Hall–Kier alpha value is -0.830. The van der Waals surface area contributed by atoms with E-state index in [-0.39, 0.29) is 5.97 Å². The first-order chi connectivity index (χ1) is 6.65. The van der Waals surface area contributed by atoms with Gasteiger partial charge in [0.1, 0.15) is 0 Å². The van der Waals surface area contributed by atoms with Gasteiger partial charge in [-0.05, 0) is 26.7 Å². The summed E-state index contributed by atoms with van der Waals surface area (Å²) in [6, 6.07) is 0. The zero-order valence-corrected chi connectivity index (χ0v) is 9.51. The number of carbonyl (C=O) groups excluding carboxylic acids is 1. The van der Waals surface area contributed by atoms with Crippen molar-refractivity contribution < 1.29 is 9.63 Å². The van der Waals surface area contributed by atoms with Crippen LogP contribution in [0.4, 0.5) is 0 Å². The van der Waals surface area contributed by atoms with Gasteiger partial charge in [-0.15, -0.1) is 5.06 Å². The van der Waals surface area contributed by atoms with E-state index in [4.69, 9.17) is 4.84 Å². The van der Waals surface area contributed by atoms with Crippen LogP contribution in [0.3, 0.4) is 0 Å². The van der Waals surface area contributed by atoms with E-state index in [0.717, 1.165) is 19.3 Å². The normalized spacial score (nSPS) is 10.3. The lowest BCUT2D eigenvalue weighted by Gasteiger charge is -2.17. The van der Waals surface area contributed by atoms with E-state index in [9.17, 15) is 4.79 Å². The predicted octanol–water partition coefficient (Wildman–Crippen LogP) is 2.53. The molecule has 0 saturated heterocycles. The summed E-state index contributed by atoms with van der Waals surface area (Å²) in [7, 11) is 0. The van der Waals surface area contributed by atoms with Gasteiger partial charge in [-0.3, -0.25) is 0 Å². The quantitative estimate of drug-likeness (QED) is 0.466. The highest BCUT2D eigenvalue weighted by Gasteiger charge is 2.11. The Morgan fingerprint density at radius 1 is 1.29 bits per heavy atom. The molecule has 0 N–H and O–H groups in total. The maximum Gasteiger partial charge on any atom is 0.352 e. The molecule has 0 rings (SSSR count). The van der Waals surface area contributed by atoms with E-state index >= 15 is 0 Å². The van der Waals surface area contributed by atoms with Gasteiger partial charge in [-0.25, -0.2) is 4.79 Å². The highest BCUT2D eigenvalue weighted by Crippen LogP contribution is 2.07. The van der Waals surface area contributed by atoms with Gasteiger partial charge in [0.2, 0.25) is 0 Å². The molecule has 0 bridgehead atoms. The van der Waals surface area contributed by atoms with Gasteiger partial charge in [-0.1, -0.05) is 19.9 Å². The molecule has 0 heterocycles. The maximum atomic E-state index is 11.4. The molecule has 3 heteroatoms. The van der Waals surface area contributed by atoms with Crippen LogP contribution in [0.25, 0.3) is 0 Å². The first kappa shape index (κ1) is 13.2. The van der Waals surface area contributed by atoms with Gasteiger partial charge in [-0.2, -0.15) is 0 Å². The molecule has 0 aliphatic rings. The minimum Gasteiger partial charge on any atom is -0.364 e. The lowest BCUT2D eigenvalue weighted by Crippen LogP contribution is -2.27. The fourth-order valence-electron chi connectivity index (χ4n) is 1.03. The molecule has 0 fully saturated rings. The molecule has 0 aliphatic heterocycles. The van der Waals surface area contributed by atoms with Gasteiger partial charge in [0, 0.05) is 18.7 Å². The molecule has 0 aliphatic carbocycles. The van der Waals surface area contributed by atoms with Crippen molar-refractivity contribution >= 4 is 5.97 Å². The van der Waals surface area contributed by atoms with Crippen molar-refractivity contribution in [1.29, 1.82) is 0 Å². The molecular formula is C11H21NO2. The number of unbranched alkanes of at least 4 members (excludes halogenated alkanes) is 1. The summed E-state index contributed by atoms with van der Waals surface area (Å²) in [5.74, 6) is -0.290. The second-order valence-corrected chi connectivity index (χ2v) is 3.20. The molecule has 0 aromatic heterocycles. The molecule has 14 heavy (non-hydrogen) atoms. The van der Waals surface area contributed by atoms with Crippen LogP contribution < -0.4 is 0 Å². The molecular weight excluding hydrogens is 178 g/mol. The number of hydrogen-bond acceptors (Lipinski definition) is 3. The topological polar surface area (TPSA) is 29.5 Å². The molecule has 0 amide bonds. The Bertz CT molecular complexity index is 186. The van der Waals surface area contributed by atoms with Crippen molar-refractivity contribution in [2.45, 2.75) is 40.0 Å². The van der Waals surface area contributed by atoms with Gasteiger partial charge in [0.05, 0.1) is 0 Å². The number of hydroxylamine groups is 2. The third kappa shape index (κ3) is 5.02. The van der Waals surface area contributed by atoms with Gasteiger partial charge in [0.15, 0.2) is 0 Å². The van der Waals surface area contributed by atoms with Crippen molar-refractivity contribution in [1.82, 2.24) is 5.06 Å². The second kappa shape index (κ2) is 7.56. The first-order valence-corrected chi connectivity index (χ1v) is 5.30. The minimum absolute atomic E-state index is 0.290. The summed E-state index contributed by atoms with van der Waals surface area (Å²) in [6.07, 6.45) is 2.79. The monoisotopic (exact) mass is 199 g/mol. The summed E-state index contributed by atoms with van der Waals surface area (Å²) in [5.41, 5.74) is 0.568. The molecule has 3 nitrogen and oxygen atoms in total. The summed E-state index contributed by atoms with van der Waals surface area (Å²) in [5, 5.41) is 1.62. The van der Waals surface area contributed by atoms with E-state index in [1.165, 1.54) is 0 Å². The van der Waals surface area contributed by atoms with Crippen LogP contribution in [-0.4, -0.2) is 24.1 Å². The van der Waals surface area contributed by atoms with E-state index in [1.807, 2.05) is 13.8 Å². The minimum atomic E-state index is -0.290. The molecule has 0 radical (unpaired) electrons. The third-order valence-corrected chi connectivity index (χ3v) is 2.04. The van der Waals surface area contributed by atoms with Crippen molar-refractivity contribution in [3.63, 3.8) is 0 Å². The Labute approximate surface area is 86.7 Å². The van der Waals surface area contributed by atoms with Crippen LogP contribution in [0.15, 0.2) is 12.2 Å². The average Bonchev–Trinajstić information content (AvgIpc) is 2.21. The lowest BCUT2D eigenvalue weighted by atomic mass is 10.1. The fourth-order valence-corrected chi connectivity index (χ4v) is 1.03. The van der Waals surface area contributed by atoms with E-state index in [1.54, 1.807) is 5.06 Å². The number of rotatable bonds is 7. The first-order valence-electron chi connectivity index (χ1n) is 5.30. The third-order valence-electron chi connectivity index (χ3n) is 2.04. The van der Waals surface area contributed by atoms with Crippen LogP contribution in [0, 0.1) is 0 Å². The average molecular weight is 199 g/mol. The molecule has 0 aromatic rings. The Morgan fingerprint density at radius 2 is 1.86 bits per heavy atom.